The van der Waals surface area contributed by atoms with Crippen molar-refractivity contribution in [1.29, 1.82) is 0 Å². The van der Waals surface area contributed by atoms with Crippen molar-refractivity contribution in [2.24, 2.45) is 7.05 Å². The summed E-state index contributed by atoms with van der Waals surface area (Å²) in [5.41, 5.74) is 1.72. The first kappa shape index (κ1) is 19.4. The van der Waals surface area contributed by atoms with Gasteiger partial charge in [-0.2, -0.15) is 18.3 Å². The van der Waals surface area contributed by atoms with Crippen LogP contribution < -0.4 is 10.6 Å². The molecule has 0 saturated carbocycles. The number of amides is 2. The average Bonchev–Trinajstić information content (AvgIpc) is 2.80. The maximum Gasteiger partial charge on any atom is 0.433 e. The van der Waals surface area contributed by atoms with Crippen LogP contribution in [0.15, 0.2) is 18.3 Å². The second-order valence-corrected chi connectivity index (χ2v) is 5.66. The largest absolute Gasteiger partial charge is 0.433 e. The quantitative estimate of drug-likeness (QED) is 0.804. The third-order valence-corrected chi connectivity index (χ3v) is 3.84. The second-order valence-electron chi connectivity index (χ2n) is 5.66. The molecule has 10 heteroatoms. The molecule has 26 heavy (non-hydrogen) atoms. The minimum atomic E-state index is -4.57. The van der Waals surface area contributed by atoms with Gasteiger partial charge in [-0.3, -0.25) is 14.3 Å². The molecule has 0 aliphatic rings. The van der Waals surface area contributed by atoms with Gasteiger partial charge in [0.2, 0.25) is 0 Å². The lowest BCUT2D eigenvalue weighted by molar-refractivity contribution is -0.141. The number of aromatic nitrogens is 3. The molecule has 2 aromatic rings. The van der Waals surface area contributed by atoms with Gasteiger partial charge in [0.15, 0.2) is 0 Å². The molecular formula is C16H18F3N5O2. The molecule has 0 fully saturated rings. The molecule has 0 unspecified atom stereocenters. The molecule has 2 aromatic heterocycles. The van der Waals surface area contributed by atoms with Crippen molar-refractivity contribution in [2.75, 3.05) is 11.9 Å². The summed E-state index contributed by atoms with van der Waals surface area (Å²) >= 11 is 0. The van der Waals surface area contributed by atoms with Crippen LogP contribution in [0.5, 0.6) is 0 Å². The van der Waals surface area contributed by atoms with Gasteiger partial charge in [0.25, 0.3) is 0 Å². The average molecular weight is 369 g/mol. The fourth-order valence-electron chi connectivity index (χ4n) is 2.38. The van der Waals surface area contributed by atoms with Crippen LogP contribution in [-0.2, 0) is 29.2 Å². The Morgan fingerprint density at radius 2 is 1.88 bits per heavy atom. The monoisotopic (exact) mass is 369 g/mol. The summed E-state index contributed by atoms with van der Waals surface area (Å²) in [4.78, 5) is 26.8. The Kier molecular flexibility index (Phi) is 5.63. The van der Waals surface area contributed by atoms with E-state index in [2.05, 4.69) is 20.7 Å². The van der Waals surface area contributed by atoms with E-state index in [4.69, 9.17) is 0 Å². The van der Waals surface area contributed by atoms with Gasteiger partial charge in [0.1, 0.15) is 5.69 Å². The number of aryl methyl sites for hydroxylation is 2. The molecule has 0 radical (unpaired) electrons. The summed E-state index contributed by atoms with van der Waals surface area (Å²) < 4.78 is 39.0. The van der Waals surface area contributed by atoms with E-state index in [1.165, 1.54) is 0 Å². The highest BCUT2D eigenvalue weighted by atomic mass is 19.4. The normalized spacial score (nSPS) is 11.3. The number of nitrogens with one attached hydrogen (secondary N) is 2. The highest BCUT2D eigenvalue weighted by Crippen LogP contribution is 2.27. The number of carbonyl (C=O) groups is 2. The lowest BCUT2D eigenvalue weighted by Gasteiger charge is -2.08. The standard InChI is InChI=1S/C16H18F3N5O2/c1-9-12(10(2)24(3)23-9)6-7-20-14(25)15(26)22-11-4-5-13(21-8-11)16(17,18)19/h4-5,8H,6-7H2,1-3H3,(H,20,25)(H,22,26). The Morgan fingerprint density at radius 3 is 2.38 bits per heavy atom. The fraction of sp³-hybridized carbons (Fsp3) is 0.375. The highest BCUT2D eigenvalue weighted by molar-refractivity contribution is 6.39. The van der Waals surface area contributed by atoms with Gasteiger partial charge in [-0.15, -0.1) is 0 Å². The van der Waals surface area contributed by atoms with Crippen molar-refractivity contribution in [1.82, 2.24) is 20.1 Å². The van der Waals surface area contributed by atoms with E-state index in [1.807, 2.05) is 20.9 Å². The highest BCUT2D eigenvalue weighted by Gasteiger charge is 2.32. The van der Waals surface area contributed by atoms with E-state index in [9.17, 15) is 22.8 Å². The number of carbonyl (C=O) groups excluding carboxylic acids is 2. The maximum absolute atomic E-state index is 12.4. The topological polar surface area (TPSA) is 88.9 Å². The molecule has 2 N–H and O–H groups in total. The number of hydrogen-bond donors (Lipinski definition) is 2. The predicted molar refractivity (Wildman–Crippen MR) is 87.3 cm³/mol. The first-order valence-electron chi connectivity index (χ1n) is 7.71. The van der Waals surface area contributed by atoms with Gasteiger partial charge in [0.05, 0.1) is 17.6 Å². The van der Waals surface area contributed by atoms with Crippen LogP contribution in [-0.4, -0.2) is 33.1 Å². The molecular weight excluding hydrogens is 351 g/mol. The molecule has 0 spiro atoms. The number of alkyl halides is 3. The van der Waals surface area contributed by atoms with E-state index >= 15 is 0 Å². The second kappa shape index (κ2) is 7.54. The molecule has 0 aromatic carbocycles. The molecule has 7 nitrogen and oxygen atoms in total. The summed E-state index contributed by atoms with van der Waals surface area (Å²) in [6.07, 6.45) is -3.22. The van der Waals surface area contributed by atoms with E-state index in [0.29, 0.717) is 6.42 Å². The first-order chi connectivity index (χ1) is 12.1. The summed E-state index contributed by atoms with van der Waals surface area (Å²) in [6, 6.07) is 1.75. The van der Waals surface area contributed by atoms with Gasteiger partial charge < -0.3 is 10.6 Å². The van der Waals surface area contributed by atoms with Crippen LogP contribution in [0.3, 0.4) is 0 Å². The summed E-state index contributed by atoms with van der Waals surface area (Å²) in [6.45, 7) is 3.99. The molecule has 0 bridgehead atoms. The minimum Gasteiger partial charge on any atom is -0.347 e. The molecule has 0 aliphatic heterocycles. The van der Waals surface area contributed by atoms with E-state index < -0.39 is 23.7 Å². The van der Waals surface area contributed by atoms with Crippen molar-refractivity contribution in [3.8, 4) is 0 Å². The molecule has 2 heterocycles. The van der Waals surface area contributed by atoms with Crippen molar-refractivity contribution in [3.63, 3.8) is 0 Å². The lowest BCUT2D eigenvalue weighted by atomic mass is 10.1. The van der Waals surface area contributed by atoms with Crippen LogP contribution in [0.1, 0.15) is 22.6 Å². The minimum absolute atomic E-state index is 0.00269. The Morgan fingerprint density at radius 1 is 1.19 bits per heavy atom. The third kappa shape index (κ3) is 4.58. The number of nitrogens with zero attached hydrogens (tertiary/aromatic N) is 3. The fourth-order valence-corrected chi connectivity index (χ4v) is 2.38. The molecule has 2 rings (SSSR count). The number of anilines is 1. The summed E-state index contributed by atoms with van der Waals surface area (Å²) in [5.74, 6) is -1.87. The molecule has 2 amide bonds. The Hall–Kier alpha value is -2.91. The zero-order valence-corrected chi connectivity index (χ0v) is 14.4. The number of hydrogen-bond acceptors (Lipinski definition) is 4. The van der Waals surface area contributed by atoms with E-state index in [1.54, 1.807) is 4.68 Å². The van der Waals surface area contributed by atoms with Crippen molar-refractivity contribution < 1.29 is 22.8 Å². The number of halogens is 3. The van der Waals surface area contributed by atoms with Crippen LogP contribution in [0, 0.1) is 13.8 Å². The van der Waals surface area contributed by atoms with Crippen molar-refractivity contribution in [2.45, 2.75) is 26.4 Å². The maximum atomic E-state index is 12.4. The molecule has 0 atom stereocenters. The molecule has 140 valence electrons. The van der Waals surface area contributed by atoms with E-state index in [0.717, 1.165) is 35.3 Å². The van der Waals surface area contributed by atoms with E-state index in [-0.39, 0.29) is 12.2 Å². The van der Waals surface area contributed by atoms with Gasteiger partial charge in [-0.1, -0.05) is 0 Å². The Labute approximate surface area is 147 Å². The summed E-state index contributed by atoms with van der Waals surface area (Å²) in [5, 5.41) is 8.92. The lowest BCUT2D eigenvalue weighted by Crippen LogP contribution is -2.36. The molecule has 0 saturated heterocycles. The van der Waals surface area contributed by atoms with Crippen LogP contribution in [0.25, 0.3) is 0 Å². The SMILES string of the molecule is Cc1nn(C)c(C)c1CCNC(=O)C(=O)Nc1ccc(C(F)(F)F)nc1. The van der Waals surface area contributed by atoms with Crippen LogP contribution in [0.4, 0.5) is 18.9 Å². The van der Waals surface area contributed by atoms with Crippen molar-refractivity contribution in [3.05, 3.63) is 41.0 Å². The van der Waals surface area contributed by atoms with Crippen molar-refractivity contribution >= 4 is 17.5 Å². The Balaban J connectivity index is 1.87. The zero-order valence-electron chi connectivity index (χ0n) is 14.4. The number of rotatable bonds is 4. The smallest absolute Gasteiger partial charge is 0.347 e. The first-order valence-corrected chi connectivity index (χ1v) is 7.71. The zero-order chi connectivity index (χ0) is 19.5. The van der Waals surface area contributed by atoms with Crippen LogP contribution >= 0.6 is 0 Å². The van der Waals surface area contributed by atoms with Gasteiger partial charge >= 0.3 is 18.0 Å². The predicted octanol–water partition coefficient (Wildman–Crippen LogP) is 1.75. The van der Waals surface area contributed by atoms with Gasteiger partial charge in [-0.25, -0.2) is 4.98 Å². The number of pyridine rings is 1. The third-order valence-electron chi connectivity index (χ3n) is 3.84. The van der Waals surface area contributed by atoms with Crippen LogP contribution in [0.2, 0.25) is 0 Å². The Bertz CT molecular complexity index is 813. The van der Waals surface area contributed by atoms with Gasteiger partial charge in [0, 0.05) is 19.3 Å². The molecule has 0 aliphatic carbocycles. The summed E-state index contributed by atoms with van der Waals surface area (Å²) in [7, 11) is 1.82. The van der Waals surface area contributed by atoms with Gasteiger partial charge in [-0.05, 0) is 38.0 Å².